The third-order valence-corrected chi connectivity index (χ3v) is 5.22. The molecule has 1 aliphatic rings. The lowest BCUT2D eigenvalue weighted by molar-refractivity contribution is 0.0600. The number of hydrogen-bond acceptors (Lipinski definition) is 6. The van der Waals surface area contributed by atoms with Gasteiger partial charge in [-0.15, -0.1) is 0 Å². The first-order valence-electron chi connectivity index (χ1n) is 7.64. The van der Waals surface area contributed by atoms with Crippen LogP contribution in [-0.2, 0) is 14.8 Å². The van der Waals surface area contributed by atoms with Crippen LogP contribution in [0, 0.1) is 0 Å². The van der Waals surface area contributed by atoms with Gasteiger partial charge < -0.3 is 15.0 Å². The minimum atomic E-state index is -3.55. The highest BCUT2D eigenvalue weighted by atomic mass is 32.2. The number of hydrogen-bond donors (Lipinski definition) is 2. The van der Waals surface area contributed by atoms with E-state index in [1.54, 1.807) is 0 Å². The number of piperazine rings is 1. The molecule has 0 aromatic heterocycles. The molecule has 1 aliphatic heterocycles. The fourth-order valence-corrected chi connectivity index (χ4v) is 3.49. The summed E-state index contributed by atoms with van der Waals surface area (Å²) >= 11 is 0. The van der Waals surface area contributed by atoms with Crippen molar-refractivity contribution in [3.63, 3.8) is 0 Å². The first-order chi connectivity index (χ1) is 11.0. The highest BCUT2D eigenvalue weighted by molar-refractivity contribution is 7.89. The van der Waals surface area contributed by atoms with Crippen LogP contribution < -0.4 is 10.0 Å². The first-order valence-corrected chi connectivity index (χ1v) is 9.12. The van der Waals surface area contributed by atoms with Gasteiger partial charge in [0.15, 0.2) is 0 Å². The maximum Gasteiger partial charge on any atom is 0.337 e. The van der Waals surface area contributed by atoms with E-state index in [2.05, 4.69) is 19.7 Å². The molecular formula is C15H23N3O4S. The molecule has 7 nitrogen and oxygen atoms in total. The van der Waals surface area contributed by atoms with Gasteiger partial charge in [-0.25, -0.2) is 17.9 Å². The zero-order valence-electron chi connectivity index (χ0n) is 13.2. The van der Waals surface area contributed by atoms with Crippen molar-refractivity contribution >= 4 is 16.0 Å². The van der Waals surface area contributed by atoms with Crippen LogP contribution in [0.4, 0.5) is 0 Å². The van der Waals surface area contributed by atoms with Crippen LogP contribution >= 0.6 is 0 Å². The molecular weight excluding hydrogens is 318 g/mol. The van der Waals surface area contributed by atoms with Gasteiger partial charge in [0.25, 0.3) is 0 Å². The van der Waals surface area contributed by atoms with Gasteiger partial charge in [0.05, 0.1) is 17.6 Å². The van der Waals surface area contributed by atoms with Crippen LogP contribution in [0.1, 0.15) is 16.8 Å². The molecule has 0 amide bonds. The minimum absolute atomic E-state index is 0.146. The van der Waals surface area contributed by atoms with Crippen molar-refractivity contribution in [1.29, 1.82) is 0 Å². The smallest absolute Gasteiger partial charge is 0.337 e. The van der Waals surface area contributed by atoms with Crippen LogP contribution in [-0.4, -0.2) is 65.7 Å². The third-order valence-electron chi connectivity index (χ3n) is 3.74. The Labute approximate surface area is 137 Å². The fraction of sp³-hybridized carbons (Fsp3) is 0.533. The number of methoxy groups -OCH3 is 1. The second-order valence-corrected chi connectivity index (χ2v) is 7.13. The number of ether oxygens (including phenoxy) is 1. The van der Waals surface area contributed by atoms with Crippen LogP contribution in [0.2, 0.25) is 0 Å². The lowest BCUT2D eigenvalue weighted by Crippen LogP contribution is -2.44. The zero-order chi connectivity index (χ0) is 16.7. The fourth-order valence-electron chi connectivity index (χ4n) is 2.42. The molecule has 0 saturated carbocycles. The Morgan fingerprint density at radius 3 is 2.52 bits per heavy atom. The lowest BCUT2D eigenvalue weighted by Gasteiger charge is -2.27. The topological polar surface area (TPSA) is 87.7 Å². The second-order valence-electron chi connectivity index (χ2n) is 5.36. The Kier molecular flexibility index (Phi) is 6.52. The predicted molar refractivity (Wildman–Crippen MR) is 86.9 cm³/mol. The maximum absolute atomic E-state index is 12.2. The van der Waals surface area contributed by atoms with Crippen molar-refractivity contribution in [3.8, 4) is 0 Å². The number of rotatable bonds is 7. The van der Waals surface area contributed by atoms with E-state index >= 15 is 0 Å². The zero-order valence-corrected chi connectivity index (χ0v) is 14.1. The molecule has 0 bridgehead atoms. The number of carbonyl (C=O) groups excluding carboxylic acids is 1. The first kappa shape index (κ1) is 17.9. The van der Waals surface area contributed by atoms with E-state index in [0.29, 0.717) is 12.1 Å². The quantitative estimate of drug-likeness (QED) is 0.538. The largest absolute Gasteiger partial charge is 0.465 e. The summed E-state index contributed by atoms with van der Waals surface area (Å²) in [6.07, 6.45) is 0.763. The standard InChI is InChI=1S/C15H23N3O4S/c1-22-15(19)13-3-5-14(6-4-13)23(20,21)17-7-2-10-18-11-8-16-9-12-18/h3-6,16-17H,2,7-12H2,1H3. The summed E-state index contributed by atoms with van der Waals surface area (Å²) in [7, 11) is -2.26. The highest BCUT2D eigenvalue weighted by Crippen LogP contribution is 2.11. The normalized spacial score (nSPS) is 16.2. The Hall–Kier alpha value is -1.48. The van der Waals surface area contributed by atoms with Crippen molar-refractivity contribution in [2.75, 3.05) is 46.4 Å². The molecule has 0 aliphatic carbocycles. The Balaban J connectivity index is 1.82. The molecule has 1 fully saturated rings. The number of carbonyl (C=O) groups is 1. The van der Waals surface area contributed by atoms with E-state index in [1.165, 1.54) is 31.4 Å². The van der Waals surface area contributed by atoms with E-state index < -0.39 is 16.0 Å². The molecule has 8 heteroatoms. The molecule has 0 spiro atoms. The van der Waals surface area contributed by atoms with Crippen molar-refractivity contribution in [2.24, 2.45) is 0 Å². The summed E-state index contributed by atoms with van der Waals surface area (Å²) in [6, 6.07) is 5.71. The second kappa shape index (κ2) is 8.39. The number of nitrogens with one attached hydrogen (secondary N) is 2. The number of benzene rings is 1. The molecule has 1 aromatic carbocycles. The van der Waals surface area contributed by atoms with Gasteiger partial charge in [0, 0.05) is 32.7 Å². The summed E-state index contributed by atoms with van der Waals surface area (Å²) in [5.41, 5.74) is 0.324. The van der Waals surface area contributed by atoms with Gasteiger partial charge in [-0.2, -0.15) is 0 Å². The molecule has 0 radical (unpaired) electrons. The van der Waals surface area contributed by atoms with Crippen LogP contribution in [0.3, 0.4) is 0 Å². The molecule has 0 unspecified atom stereocenters. The molecule has 1 saturated heterocycles. The highest BCUT2D eigenvalue weighted by Gasteiger charge is 2.15. The van der Waals surface area contributed by atoms with Crippen molar-refractivity contribution in [1.82, 2.24) is 14.9 Å². The Bertz CT molecular complexity index is 610. The van der Waals surface area contributed by atoms with Gasteiger partial charge >= 0.3 is 5.97 Å². The summed E-state index contributed by atoms with van der Waals surface area (Å²) in [5.74, 6) is -0.488. The molecule has 128 valence electrons. The molecule has 2 N–H and O–H groups in total. The Morgan fingerprint density at radius 1 is 1.26 bits per heavy atom. The van der Waals surface area contributed by atoms with E-state index in [9.17, 15) is 13.2 Å². The summed E-state index contributed by atoms with van der Waals surface area (Å²) < 4.78 is 31.5. The number of sulfonamides is 1. The van der Waals surface area contributed by atoms with Gasteiger partial charge in [-0.05, 0) is 37.2 Å². The minimum Gasteiger partial charge on any atom is -0.465 e. The van der Waals surface area contributed by atoms with Crippen molar-refractivity contribution < 1.29 is 17.9 Å². The molecule has 2 rings (SSSR count). The SMILES string of the molecule is COC(=O)c1ccc(S(=O)(=O)NCCCN2CCNCC2)cc1. The number of nitrogens with zero attached hydrogens (tertiary/aromatic N) is 1. The van der Waals surface area contributed by atoms with E-state index in [1.807, 2.05) is 0 Å². The average molecular weight is 341 g/mol. The number of esters is 1. The monoisotopic (exact) mass is 341 g/mol. The van der Waals surface area contributed by atoms with Gasteiger partial charge in [0.2, 0.25) is 10.0 Å². The van der Waals surface area contributed by atoms with Crippen molar-refractivity contribution in [2.45, 2.75) is 11.3 Å². The Morgan fingerprint density at radius 2 is 1.91 bits per heavy atom. The average Bonchev–Trinajstić information content (AvgIpc) is 2.59. The molecule has 0 atom stereocenters. The van der Waals surface area contributed by atoms with Gasteiger partial charge in [-0.3, -0.25) is 0 Å². The van der Waals surface area contributed by atoms with Gasteiger partial charge in [-0.1, -0.05) is 0 Å². The van der Waals surface area contributed by atoms with Crippen molar-refractivity contribution in [3.05, 3.63) is 29.8 Å². The van der Waals surface area contributed by atoms with Crippen LogP contribution in [0.15, 0.2) is 29.2 Å². The summed E-state index contributed by atoms with van der Waals surface area (Å²) in [5, 5.41) is 3.28. The molecule has 1 heterocycles. The summed E-state index contributed by atoms with van der Waals surface area (Å²) in [6.45, 7) is 5.25. The third kappa shape index (κ3) is 5.28. The van der Waals surface area contributed by atoms with E-state index in [4.69, 9.17) is 0 Å². The van der Waals surface area contributed by atoms with Crippen LogP contribution in [0.25, 0.3) is 0 Å². The maximum atomic E-state index is 12.2. The lowest BCUT2D eigenvalue weighted by atomic mass is 10.2. The van der Waals surface area contributed by atoms with Gasteiger partial charge in [0.1, 0.15) is 0 Å². The van der Waals surface area contributed by atoms with E-state index in [-0.39, 0.29) is 4.90 Å². The molecule has 1 aromatic rings. The van der Waals surface area contributed by atoms with Crippen LogP contribution in [0.5, 0.6) is 0 Å². The molecule has 23 heavy (non-hydrogen) atoms. The predicted octanol–water partition coefficient (Wildman–Crippen LogP) is 0.0468. The summed E-state index contributed by atoms with van der Waals surface area (Å²) in [4.78, 5) is 13.8. The van der Waals surface area contributed by atoms with E-state index in [0.717, 1.165) is 39.1 Å².